The highest BCUT2D eigenvalue weighted by atomic mass is 127. The summed E-state index contributed by atoms with van der Waals surface area (Å²) in [6.07, 6.45) is 4.89. The Bertz CT molecular complexity index is 546. The van der Waals surface area contributed by atoms with Gasteiger partial charge in [0.25, 0.3) is 0 Å². The molecule has 2 heterocycles. The molecule has 140 valence electrons. The quantitative estimate of drug-likeness (QED) is 0.382. The highest BCUT2D eigenvalue weighted by Crippen LogP contribution is 2.41. The Balaban J connectivity index is 0.00000208. The van der Waals surface area contributed by atoms with Gasteiger partial charge in [-0.1, -0.05) is 13.8 Å². The first-order valence-corrected chi connectivity index (χ1v) is 11.0. The average molecular weight is 469 g/mol. The van der Waals surface area contributed by atoms with E-state index in [1.807, 2.05) is 0 Å². The molecular weight excluding hydrogens is 437 g/mol. The standard InChI is InChI=1S/C17H31N3O2S.HI/c1-13(2)9-18-17(19-10-14-6-8-23(21,22)12-14)20-7-5-16(11-20)15-3-4-15;/h13-16H,3-12H2,1-2H3,(H,18,19);1H. The van der Waals surface area contributed by atoms with Crippen LogP contribution in [0.5, 0.6) is 0 Å². The molecule has 1 aliphatic carbocycles. The summed E-state index contributed by atoms with van der Waals surface area (Å²) in [4.78, 5) is 7.20. The molecule has 1 N–H and O–H groups in total. The van der Waals surface area contributed by atoms with Gasteiger partial charge in [0.1, 0.15) is 0 Å². The van der Waals surface area contributed by atoms with Gasteiger partial charge in [-0.3, -0.25) is 4.99 Å². The Kier molecular flexibility index (Phi) is 7.22. The second kappa shape index (κ2) is 8.56. The highest BCUT2D eigenvalue weighted by molar-refractivity contribution is 14.0. The number of nitrogens with one attached hydrogen (secondary N) is 1. The van der Waals surface area contributed by atoms with Crippen molar-refractivity contribution in [3.05, 3.63) is 0 Å². The van der Waals surface area contributed by atoms with Crippen LogP contribution in [-0.2, 0) is 9.84 Å². The number of likely N-dealkylation sites (tertiary alicyclic amines) is 1. The van der Waals surface area contributed by atoms with Crippen molar-refractivity contribution in [2.75, 3.05) is 37.7 Å². The molecule has 3 rings (SSSR count). The Morgan fingerprint density at radius 3 is 2.54 bits per heavy atom. The molecule has 2 atom stereocenters. The third-order valence-corrected chi connectivity index (χ3v) is 7.13. The third-order valence-electron chi connectivity index (χ3n) is 5.29. The SMILES string of the molecule is CC(C)CN=C(NCC1CCS(=O)(=O)C1)N1CCC(C2CC2)C1.I. The van der Waals surface area contributed by atoms with Gasteiger partial charge in [-0.25, -0.2) is 8.42 Å². The minimum absolute atomic E-state index is 0. The molecule has 0 spiro atoms. The Morgan fingerprint density at radius 1 is 1.21 bits per heavy atom. The summed E-state index contributed by atoms with van der Waals surface area (Å²) >= 11 is 0. The van der Waals surface area contributed by atoms with E-state index < -0.39 is 9.84 Å². The topological polar surface area (TPSA) is 61.8 Å². The van der Waals surface area contributed by atoms with Crippen LogP contribution in [0.4, 0.5) is 0 Å². The van der Waals surface area contributed by atoms with E-state index in [1.165, 1.54) is 19.3 Å². The zero-order valence-corrected chi connectivity index (χ0v) is 18.1. The lowest BCUT2D eigenvalue weighted by Crippen LogP contribution is -2.42. The van der Waals surface area contributed by atoms with Crippen LogP contribution in [0, 0.1) is 23.7 Å². The van der Waals surface area contributed by atoms with E-state index in [9.17, 15) is 8.42 Å². The third kappa shape index (κ3) is 5.75. The van der Waals surface area contributed by atoms with Crippen molar-refractivity contribution in [1.29, 1.82) is 0 Å². The largest absolute Gasteiger partial charge is 0.356 e. The summed E-state index contributed by atoms with van der Waals surface area (Å²) in [6.45, 7) is 8.14. The lowest BCUT2D eigenvalue weighted by Gasteiger charge is -2.24. The second-order valence-electron chi connectivity index (χ2n) is 8.04. The van der Waals surface area contributed by atoms with Crippen LogP contribution in [0.3, 0.4) is 0 Å². The Labute approximate surface area is 164 Å². The number of nitrogens with zero attached hydrogens (tertiary/aromatic N) is 2. The molecule has 0 bridgehead atoms. The molecule has 0 aromatic heterocycles. The van der Waals surface area contributed by atoms with Gasteiger partial charge in [0.2, 0.25) is 0 Å². The number of hydrogen-bond donors (Lipinski definition) is 1. The van der Waals surface area contributed by atoms with Gasteiger partial charge in [0, 0.05) is 26.2 Å². The van der Waals surface area contributed by atoms with Crippen LogP contribution in [0.15, 0.2) is 4.99 Å². The molecule has 1 saturated carbocycles. The van der Waals surface area contributed by atoms with Crippen molar-refractivity contribution in [3.8, 4) is 0 Å². The summed E-state index contributed by atoms with van der Waals surface area (Å²) in [5.41, 5.74) is 0. The maximum absolute atomic E-state index is 11.6. The first-order valence-electron chi connectivity index (χ1n) is 9.16. The summed E-state index contributed by atoms with van der Waals surface area (Å²) < 4.78 is 23.2. The van der Waals surface area contributed by atoms with Crippen molar-refractivity contribution < 1.29 is 8.42 Å². The highest BCUT2D eigenvalue weighted by Gasteiger charge is 2.37. The van der Waals surface area contributed by atoms with E-state index in [0.717, 1.165) is 50.4 Å². The number of halogens is 1. The van der Waals surface area contributed by atoms with Crippen LogP contribution in [-0.4, -0.2) is 57.0 Å². The van der Waals surface area contributed by atoms with Gasteiger partial charge < -0.3 is 10.2 Å². The van der Waals surface area contributed by atoms with Crippen LogP contribution >= 0.6 is 24.0 Å². The number of sulfone groups is 1. The van der Waals surface area contributed by atoms with Gasteiger partial charge in [-0.2, -0.15) is 0 Å². The fourth-order valence-corrected chi connectivity index (χ4v) is 5.60. The molecule has 0 radical (unpaired) electrons. The molecule has 2 aliphatic heterocycles. The van der Waals surface area contributed by atoms with Gasteiger partial charge in [-0.15, -0.1) is 24.0 Å². The van der Waals surface area contributed by atoms with Crippen LogP contribution in [0.2, 0.25) is 0 Å². The van der Waals surface area contributed by atoms with Crippen molar-refractivity contribution in [3.63, 3.8) is 0 Å². The van der Waals surface area contributed by atoms with E-state index in [-0.39, 0.29) is 29.9 Å². The second-order valence-corrected chi connectivity index (χ2v) is 10.3. The first kappa shape index (κ1) is 20.3. The molecule has 0 aromatic carbocycles. The predicted octanol–water partition coefficient (Wildman–Crippen LogP) is 2.37. The van der Waals surface area contributed by atoms with E-state index in [2.05, 4.69) is 24.1 Å². The maximum Gasteiger partial charge on any atom is 0.193 e. The number of aliphatic imine (C=N–C) groups is 1. The van der Waals surface area contributed by atoms with E-state index in [1.54, 1.807) is 0 Å². The summed E-state index contributed by atoms with van der Waals surface area (Å²) in [5, 5.41) is 3.49. The van der Waals surface area contributed by atoms with Crippen LogP contribution < -0.4 is 5.32 Å². The van der Waals surface area contributed by atoms with Crippen molar-refractivity contribution >= 4 is 39.8 Å². The normalized spacial score (nSPS) is 29.8. The zero-order chi connectivity index (χ0) is 16.4. The van der Waals surface area contributed by atoms with E-state index in [4.69, 9.17) is 4.99 Å². The van der Waals surface area contributed by atoms with Crippen molar-refractivity contribution in [1.82, 2.24) is 10.2 Å². The van der Waals surface area contributed by atoms with E-state index >= 15 is 0 Å². The molecular formula is C17H32IN3O2S. The van der Waals surface area contributed by atoms with Gasteiger partial charge in [0.05, 0.1) is 11.5 Å². The van der Waals surface area contributed by atoms with Crippen LogP contribution in [0.25, 0.3) is 0 Å². The first-order chi connectivity index (χ1) is 10.9. The number of guanidine groups is 1. The van der Waals surface area contributed by atoms with Crippen molar-refractivity contribution in [2.24, 2.45) is 28.7 Å². The zero-order valence-electron chi connectivity index (χ0n) is 14.9. The average Bonchev–Trinajstić information content (AvgIpc) is 3.11. The molecule has 3 aliphatic rings. The van der Waals surface area contributed by atoms with E-state index in [0.29, 0.717) is 17.4 Å². The molecule has 2 saturated heterocycles. The summed E-state index contributed by atoms with van der Waals surface area (Å²) in [6, 6.07) is 0. The smallest absolute Gasteiger partial charge is 0.193 e. The minimum atomic E-state index is -2.79. The van der Waals surface area contributed by atoms with Crippen LogP contribution in [0.1, 0.15) is 39.5 Å². The summed E-state index contributed by atoms with van der Waals surface area (Å²) in [5.74, 6) is 4.27. The lowest BCUT2D eigenvalue weighted by molar-refractivity contribution is 0.428. The monoisotopic (exact) mass is 469 g/mol. The van der Waals surface area contributed by atoms with Crippen molar-refractivity contribution in [2.45, 2.75) is 39.5 Å². The maximum atomic E-state index is 11.6. The van der Waals surface area contributed by atoms with Gasteiger partial charge >= 0.3 is 0 Å². The molecule has 5 nitrogen and oxygen atoms in total. The Morgan fingerprint density at radius 2 is 1.96 bits per heavy atom. The van der Waals surface area contributed by atoms with Gasteiger partial charge in [-0.05, 0) is 49.4 Å². The van der Waals surface area contributed by atoms with Gasteiger partial charge in [0.15, 0.2) is 15.8 Å². The molecule has 0 aromatic rings. The molecule has 0 amide bonds. The Hall–Kier alpha value is -0.0500. The fourth-order valence-electron chi connectivity index (χ4n) is 3.74. The molecule has 2 unspecified atom stereocenters. The fraction of sp³-hybridized carbons (Fsp3) is 0.941. The number of rotatable bonds is 5. The minimum Gasteiger partial charge on any atom is -0.356 e. The molecule has 24 heavy (non-hydrogen) atoms. The predicted molar refractivity (Wildman–Crippen MR) is 110 cm³/mol. The number of hydrogen-bond acceptors (Lipinski definition) is 3. The summed E-state index contributed by atoms with van der Waals surface area (Å²) in [7, 11) is -2.79. The molecule has 7 heteroatoms. The lowest BCUT2D eigenvalue weighted by atomic mass is 10.0. The molecule has 3 fully saturated rings.